The smallest absolute Gasteiger partial charge is 0.257 e. The van der Waals surface area contributed by atoms with Crippen molar-refractivity contribution in [3.05, 3.63) is 60.5 Å². The lowest BCUT2D eigenvalue weighted by atomic mass is 10.2. The normalized spacial score (nSPS) is 10.5. The Labute approximate surface area is 121 Å². The summed E-state index contributed by atoms with van der Waals surface area (Å²) in [6, 6.07) is 7.14. The topological polar surface area (TPSA) is 72.4 Å². The van der Waals surface area contributed by atoms with Crippen LogP contribution in [0.5, 0.6) is 0 Å². The lowest BCUT2D eigenvalue weighted by Crippen LogP contribution is -2.25. The second-order valence-electron chi connectivity index (χ2n) is 4.59. The van der Waals surface area contributed by atoms with Crippen LogP contribution in [-0.2, 0) is 6.54 Å². The molecule has 0 aliphatic rings. The molecular formula is C15H13N3O3. The Morgan fingerprint density at radius 1 is 1.29 bits per heavy atom. The number of carbonyl (C=O) groups excluding carboxylic acids is 1. The standard InChI is InChI=1S/C15H13N3O3/c1-18(15(19)12-4-7-20-10-12)9-13-8-14(17-21-13)11-2-5-16-6-3-11/h2-8,10H,9H2,1H3. The summed E-state index contributed by atoms with van der Waals surface area (Å²) in [6.07, 6.45) is 6.27. The Kier molecular flexibility index (Phi) is 3.51. The maximum absolute atomic E-state index is 12.1. The number of hydrogen-bond donors (Lipinski definition) is 0. The van der Waals surface area contributed by atoms with Crippen molar-refractivity contribution in [2.75, 3.05) is 7.05 Å². The van der Waals surface area contributed by atoms with Crippen molar-refractivity contribution in [3.8, 4) is 11.3 Å². The van der Waals surface area contributed by atoms with Crippen LogP contribution >= 0.6 is 0 Å². The molecule has 6 heteroatoms. The van der Waals surface area contributed by atoms with Crippen molar-refractivity contribution in [3.63, 3.8) is 0 Å². The molecule has 3 rings (SSSR count). The van der Waals surface area contributed by atoms with E-state index in [2.05, 4.69) is 10.1 Å². The molecular weight excluding hydrogens is 270 g/mol. The van der Waals surface area contributed by atoms with Gasteiger partial charge in [-0.1, -0.05) is 5.16 Å². The highest BCUT2D eigenvalue weighted by Gasteiger charge is 2.15. The fourth-order valence-corrected chi connectivity index (χ4v) is 1.96. The van der Waals surface area contributed by atoms with E-state index in [1.165, 1.54) is 12.5 Å². The van der Waals surface area contributed by atoms with Crippen molar-refractivity contribution in [1.29, 1.82) is 0 Å². The molecule has 0 atom stereocenters. The van der Waals surface area contributed by atoms with Crippen LogP contribution in [0.3, 0.4) is 0 Å². The number of hydrogen-bond acceptors (Lipinski definition) is 5. The summed E-state index contributed by atoms with van der Waals surface area (Å²) in [5, 5.41) is 4.00. The summed E-state index contributed by atoms with van der Waals surface area (Å²) in [6.45, 7) is 0.335. The van der Waals surface area contributed by atoms with E-state index in [-0.39, 0.29) is 5.91 Å². The van der Waals surface area contributed by atoms with Crippen molar-refractivity contribution in [2.45, 2.75) is 6.54 Å². The Hall–Kier alpha value is -2.89. The number of aromatic nitrogens is 2. The average molecular weight is 283 g/mol. The molecule has 0 aromatic carbocycles. The van der Waals surface area contributed by atoms with Gasteiger partial charge in [0.2, 0.25) is 0 Å². The third kappa shape index (κ3) is 2.84. The second-order valence-corrected chi connectivity index (χ2v) is 4.59. The van der Waals surface area contributed by atoms with Gasteiger partial charge in [0.15, 0.2) is 5.76 Å². The minimum atomic E-state index is -0.134. The first-order valence-electron chi connectivity index (χ1n) is 6.37. The highest BCUT2D eigenvalue weighted by molar-refractivity contribution is 5.93. The second kappa shape index (κ2) is 5.62. The van der Waals surface area contributed by atoms with Crippen LogP contribution in [-0.4, -0.2) is 28.0 Å². The Morgan fingerprint density at radius 2 is 2.10 bits per heavy atom. The SMILES string of the molecule is CN(Cc1cc(-c2ccncc2)no1)C(=O)c1ccoc1. The van der Waals surface area contributed by atoms with E-state index in [0.717, 1.165) is 11.3 Å². The lowest BCUT2D eigenvalue weighted by Gasteiger charge is -2.13. The molecule has 106 valence electrons. The first kappa shape index (κ1) is 13.1. The van der Waals surface area contributed by atoms with Crippen molar-refractivity contribution >= 4 is 5.91 Å². The number of rotatable bonds is 4. The van der Waals surface area contributed by atoms with E-state index in [4.69, 9.17) is 8.94 Å². The maximum Gasteiger partial charge on any atom is 0.257 e. The molecule has 3 heterocycles. The van der Waals surface area contributed by atoms with Crippen LogP contribution in [0.15, 0.2) is 58.1 Å². The van der Waals surface area contributed by atoms with Gasteiger partial charge in [-0.25, -0.2) is 0 Å². The first-order chi connectivity index (χ1) is 10.2. The van der Waals surface area contributed by atoms with E-state index in [1.807, 2.05) is 18.2 Å². The largest absolute Gasteiger partial charge is 0.472 e. The molecule has 0 aliphatic carbocycles. The van der Waals surface area contributed by atoms with Crippen LogP contribution in [0.1, 0.15) is 16.1 Å². The van der Waals surface area contributed by atoms with Gasteiger partial charge in [0.25, 0.3) is 5.91 Å². The van der Waals surface area contributed by atoms with Gasteiger partial charge in [0.05, 0.1) is 18.4 Å². The van der Waals surface area contributed by atoms with E-state index in [0.29, 0.717) is 17.9 Å². The molecule has 1 amide bonds. The Morgan fingerprint density at radius 3 is 2.81 bits per heavy atom. The van der Waals surface area contributed by atoms with Crippen molar-refractivity contribution in [2.24, 2.45) is 0 Å². The zero-order valence-corrected chi connectivity index (χ0v) is 11.4. The zero-order valence-electron chi connectivity index (χ0n) is 11.4. The molecule has 0 saturated carbocycles. The number of nitrogens with zero attached hydrogens (tertiary/aromatic N) is 3. The maximum atomic E-state index is 12.1. The molecule has 0 fully saturated rings. The Bertz CT molecular complexity index is 720. The van der Waals surface area contributed by atoms with Gasteiger partial charge in [0.1, 0.15) is 12.0 Å². The number of amides is 1. The number of carbonyl (C=O) groups is 1. The molecule has 0 radical (unpaired) electrons. The molecule has 6 nitrogen and oxygen atoms in total. The highest BCUT2D eigenvalue weighted by atomic mass is 16.5. The van der Waals surface area contributed by atoms with E-state index in [9.17, 15) is 4.79 Å². The first-order valence-corrected chi connectivity index (χ1v) is 6.37. The van der Waals surface area contributed by atoms with E-state index >= 15 is 0 Å². The Balaban J connectivity index is 1.71. The van der Waals surface area contributed by atoms with Crippen LogP contribution in [0.25, 0.3) is 11.3 Å². The van der Waals surface area contributed by atoms with E-state index in [1.54, 1.807) is 30.4 Å². The third-order valence-electron chi connectivity index (χ3n) is 3.04. The van der Waals surface area contributed by atoms with Gasteiger partial charge in [-0.2, -0.15) is 0 Å². The summed E-state index contributed by atoms with van der Waals surface area (Å²) in [5.41, 5.74) is 2.15. The van der Waals surface area contributed by atoms with Crippen LogP contribution in [0.2, 0.25) is 0 Å². The predicted molar refractivity (Wildman–Crippen MR) is 74.2 cm³/mol. The lowest BCUT2D eigenvalue weighted by molar-refractivity contribution is 0.0771. The predicted octanol–water partition coefficient (Wildman–Crippen LogP) is 2.60. The minimum absolute atomic E-state index is 0.134. The van der Waals surface area contributed by atoms with Gasteiger partial charge < -0.3 is 13.8 Å². The molecule has 0 bridgehead atoms. The van der Waals surface area contributed by atoms with E-state index < -0.39 is 0 Å². The fraction of sp³-hybridized carbons (Fsp3) is 0.133. The summed E-state index contributed by atoms with van der Waals surface area (Å²) in [5.74, 6) is 0.478. The van der Waals surface area contributed by atoms with Crippen molar-refractivity contribution < 1.29 is 13.7 Å². The molecule has 21 heavy (non-hydrogen) atoms. The number of pyridine rings is 1. The minimum Gasteiger partial charge on any atom is -0.472 e. The van der Waals surface area contributed by atoms with Crippen LogP contribution < -0.4 is 0 Å². The molecule has 3 aromatic rings. The van der Waals surface area contributed by atoms with Crippen LogP contribution in [0, 0.1) is 0 Å². The van der Waals surface area contributed by atoms with Crippen molar-refractivity contribution in [1.82, 2.24) is 15.0 Å². The zero-order chi connectivity index (χ0) is 14.7. The van der Waals surface area contributed by atoms with Gasteiger partial charge in [-0.3, -0.25) is 9.78 Å². The number of furan rings is 1. The van der Waals surface area contributed by atoms with Gasteiger partial charge >= 0.3 is 0 Å². The average Bonchev–Trinajstić information content (AvgIpc) is 3.19. The highest BCUT2D eigenvalue weighted by Crippen LogP contribution is 2.19. The molecule has 0 spiro atoms. The molecule has 0 saturated heterocycles. The van der Waals surface area contributed by atoms with Gasteiger partial charge in [-0.15, -0.1) is 0 Å². The van der Waals surface area contributed by atoms with Crippen LogP contribution in [0.4, 0.5) is 0 Å². The summed E-state index contributed by atoms with van der Waals surface area (Å²) in [4.78, 5) is 17.6. The fourth-order valence-electron chi connectivity index (χ4n) is 1.96. The third-order valence-corrected chi connectivity index (χ3v) is 3.04. The molecule has 0 unspecified atom stereocenters. The monoisotopic (exact) mass is 283 g/mol. The quantitative estimate of drug-likeness (QED) is 0.736. The summed E-state index contributed by atoms with van der Waals surface area (Å²) in [7, 11) is 1.70. The molecule has 0 N–H and O–H groups in total. The van der Waals surface area contributed by atoms with Gasteiger partial charge in [-0.05, 0) is 18.2 Å². The molecule has 3 aromatic heterocycles. The summed E-state index contributed by atoms with van der Waals surface area (Å²) < 4.78 is 10.2. The van der Waals surface area contributed by atoms with Gasteiger partial charge in [0, 0.05) is 31.1 Å². The molecule has 0 aliphatic heterocycles. The summed E-state index contributed by atoms with van der Waals surface area (Å²) >= 11 is 0.